The van der Waals surface area contributed by atoms with Crippen molar-refractivity contribution >= 4 is 30.1 Å². The van der Waals surface area contributed by atoms with E-state index >= 15 is 0 Å². The first-order valence-corrected chi connectivity index (χ1v) is 5.39. The summed E-state index contributed by atoms with van der Waals surface area (Å²) < 4.78 is 1.17. The van der Waals surface area contributed by atoms with E-state index in [2.05, 4.69) is 20.9 Å². The number of aromatic amines is 1. The molecule has 1 saturated heterocycles. The summed E-state index contributed by atoms with van der Waals surface area (Å²) in [5.74, 6) is 2.96. The summed E-state index contributed by atoms with van der Waals surface area (Å²) in [5.41, 5.74) is 2.36. The van der Waals surface area contributed by atoms with Gasteiger partial charge in [0.05, 0.1) is 0 Å². The molecule has 0 spiro atoms. The first-order valence-electron chi connectivity index (χ1n) is 4.98. The van der Waals surface area contributed by atoms with Crippen LogP contribution in [0, 0.1) is 4.77 Å². The zero-order chi connectivity index (χ0) is 13.8. The highest BCUT2D eigenvalue weighted by Crippen LogP contribution is 2.24. The number of hydrazine groups is 1. The van der Waals surface area contributed by atoms with Gasteiger partial charge in [-0.1, -0.05) is 0 Å². The Hall–Kier alpha value is -2.44. The average molecular weight is 284 g/mol. The first kappa shape index (κ1) is 11.6. The number of imide groups is 1. The number of nitrogens with zero attached hydrogens (tertiary/aromatic N) is 3. The Labute approximate surface area is 110 Å². The van der Waals surface area contributed by atoms with Gasteiger partial charge in [-0.3, -0.25) is 15.4 Å². The van der Waals surface area contributed by atoms with Crippen LogP contribution < -0.4 is 26.9 Å². The summed E-state index contributed by atoms with van der Waals surface area (Å²) in [6, 6.07) is -0.828. The van der Waals surface area contributed by atoms with Gasteiger partial charge in [-0.2, -0.15) is 10.1 Å². The fraction of sp³-hybridized carbons (Fsp3) is 0.143. The van der Waals surface area contributed by atoms with Crippen molar-refractivity contribution in [2.24, 2.45) is 0 Å². The molecule has 12 heteroatoms. The van der Waals surface area contributed by atoms with Gasteiger partial charge in [0, 0.05) is 6.20 Å². The first-order chi connectivity index (χ1) is 8.90. The van der Waals surface area contributed by atoms with Crippen molar-refractivity contribution in [1.82, 2.24) is 30.9 Å². The van der Waals surface area contributed by atoms with Crippen molar-refractivity contribution in [2.75, 3.05) is 10.9 Å². The number of aromatic nitrogens is 3. The number of nitrogens with one attached hydrogen (secondary N) is 4. The lowest BCUT2D eigenvalue weighted by molar-refractivity contribution is -0.121. The SMILES string of the molecule is Nn1c(N2C=C3C(=O)NC(=O)NC3(O)N2)n[nH]c1=S. The molecule has 0 bridgehead atoms. The van der Waals surface area contributed by atoms with E-state index < -0.39 is 17.8 Å². The number of hydrogen-bond acceptors (Lipinski definition) is 8. The Kier molecular flexibility index (Phi) is 2.16. The summed E-state index contributed by atoms with van der Waals surface area (Å²) in [4.78, 5) is 22.8. The number of carbonyl (C=O) groups excluding carboxylic acids is 2. The van der Waals surface area contributed by atoms with Gasteiger partial charge < -0.3 is 10.9 Å². The third kappa shape index (κ3) is 1.58. The molecular weight excluding hydrogens is 276 g/mol. The molecule has 3 rings (SSSR count). The monoisotopic (exact) mass is 284 g/mol. The van der Waals surface area contributed by atoms with Gasteiger partial charge in [-0.25, -0.2) is 14.9 Å². The van der Waals surface area contributed by atoms with Crippen LogP contribution in [0.5, 0.6) is 0 Å². The smallest absolute Gasteiger partial charge is 0.325 e. The molecule has 2 aliphatic rings. The summed E-state index contributed by atoms with van der Waals surface area (Å²) in [6.07, 6.45) is 1.24. The van der Waals surface area contributed by atoms with Crippen LogP contribution in [0.3, 0.4) is 0 Å². The van der Waals surface area contributed by atoms with E-state index in [-0.39, 0.29) is 16.3 Å². The van der Waals surface area contributed by atoms with Gasteiger partial charge in [-0.05, 0) is 12.2 Å². The van der Waals surface area contributed by atoms with Crippen LogP contribution in [0.25, 0.3) is 0 Å². The van der Waals surface area contributed by atoms with Crippen molar-refractivity contribution in [3.05, 3.63) is 16.5 Å². The number of H-pyrrole nitrogens is 1. The van der Waals surface area contributed by atoms with Gasteiger partial charge in [-0.15, -0.1) is 5.10 Å². The van der Waals surface area contributed by atoms with Crippen LogP contribution in [0.2, 0.25) is 0 Å². The lowest BCUT2D eigenvalue weighted by Gasteiger charge is -2.31. The fourth-order valence-electron chi connectivity index (χ4n) is 1.75. The van der Waals surface area contributed by atoms with E-state index in [9.17, 15) is 14.7 Å². The molecule has 3 amide bonds. The zero-order valence-corrected chi connectivity index (χ0v) is 9.98. The number of nitrogen functional groups attached to an aromatic ring is 1. The summed E-state index contributed by atoms with van der Waals surface area (Å²) in [7, 11) is 0. The highest BCUT2D eigenvalue weighted by molar-refractivity contribution is 7.71. The predicted octanol–water partition coefficient (Wildman–Crippen LogP) is -2.65. The van der Waals surface area contributed by atoms with E-state index in [1.165, 1.54) is 6.20 Å². The molecule has 7 N–H and O–H groups in total. The number of anilines is 1. The van der Waals surface area contributed by atoms with E-state index in [4.69, 9.17) is 18.1 Å². The number of nitrogens with two attached hydrogens (primary N) is 1. The minimum atomic E-state index is -2.02. The Balaban J connectivity index is 2.02. The molecule has 100 valence electrons. The summed E-state index contributed by atoms with van der Waals surface area (Å²) in [6.45, 7) is 0. The summed E-state index contributed by atoms with van der Waals surface area (Å²) >= 11 is 4.84. The number of rotatable bonds is 1. The quantitative estimate of drug-likeness (QED) is 0.241. The predicted molar refractivity (Wildman–Crippen MR) is 62.9 cm³/mol. The molecule has 1 unspecified atom stereocenters. The molecule has 11 nitrogen and oxygen atoms in total. The Morgan fingerprint density at radius 1 is 1.47 bits per heavy atom. The van der Waals surface area contributed by atoms with E-state index in [0.29, 0.717) is 0 Å². The molecule has 1 aromatic rings. The molecular formula is C7H8N8O3S. The molecule has 3 heterocycles. The zero-order valence-electron chi connectivity index (χ0n) is 9.17. The lowest BCUT2D eigenvalue weighted by atomic mass is 10.1. The van der Waals surface area contributed by atoms with Crippen LogP contribution in [0.15, 0.2) is 11.8 Å². The maximum Gasteiger partial charge on any atom is 0.325 e. The van der Waals surface area contributed by atoms with Crippen LogP contribution >= 0.6 is 12.2 Å². The fourth-order valence-corrected chi connectivity index (χ4v) is 1.87. The number of amides is 3. The highest BCUT2D eigenvalue weighted by atomic mass is 32.1. The minimum Gasteiger partial charge on any atom is -0.353 e. The Bertz CT molecular complexity index is 676. The van der Waals surface area contributed by atoms with Gasteiger partial charge in [0.15, 0.2) is 0 Å². The molecule has 0 aliphatic carbocycles. The van der Waals surface area contributed by atoms with Crippen LogP contribution in [0.4, 0.5) is 10.7 Å². The number of fused-ring (bicyclic) bond motifs is 1. The van der Waals surface area contributed by atoms with Crippen molar-refractivity contribution in [1.29, 1.82) is 0 Å². The largest absolute Gasteiger partial charge is 0.353 e. The lowest BCUT2D eigenvalue weighted by Crippen LogP contribution is -2.68. The van der Waals surface area contributed by atoms with Gasteiger partial charge >= 0.3 is 6.03 Å². The maximum absolute atomic E-state index is 11.6. The van der Waals surface area contributed by atoms with Crippen LogP contribution in [-0.4, -0.2) is 37.8 Å². The van der Waals surface area contributed by atoms with Gasteiger partial charge in [0.25, 0.3) is 11.9 Å². The van der Waals surface area contributed by atoms with Crippen molar-refractivity contribution in [3.8, 4) is 0 Å². The van der Waals surface area contributed by atoms with Crippen molar-refractivity contribution in [3.63, 3.8) is 0 Å². The number of carbonyl (C=O) groups is 2. The molecule has 19 heavy (non-hydrogen) atoms. The molecule has 1 fully saturated rings. The molecule has 0 aromatic carbocycles. The second kappa shape index (κ2) is 3.53. The molecule has 0 saturated carbocycles. The normalized spacial score (nSPS) is 25.7. The Morgan fingerprint density at radius 3 is 2.84 bits per heavy atom. The third-order valence-electron chi connectivity index (χ3n) is 2.60. The standard InChI is InChI=1S/C7H8N8O3S/c8-15-5(11-12-6(15)19)14-1-2-3(16)9-4(17)10-7(2,18)13-14/h1,13,18H,8H2,(H,12,19)(H2,9,10,16,17). The van der Waals surface area contributed by atoms with E-state index in [0.717, 1.165) is 9.69 Å². The average Bonchev–Trinajstić information content (AvgIpc) is 2.80. The molecule has 1 atom stereocenters. The van der Waals surface area contributed by atoms with Crippen LogP contribution in [-0.2, 0) is 4.79 Å². The number of aliphatic hydroxyl groups is 1. The van der Waals surface area contributed by atoms with E-state index in [1.807, 2.05) is 5.32 Å². The third-order valence-corrected chi connectivity index (χ3v) is 2.89. The van der Waals surface area contributed by atoms with Crippen molar-refractivity contribution < 1.29 is 14.7 Å². The molecule has 0 radical (unpaired) electrons. The van der Waals surface area contributed by atoms with Gasteiger partial charge in [0.2, 0.25) is 10.6 Å². The van der Waals surface area contributed by atoms with E-state index in [1.54, 1.807) is 0 Å². The number of hydrogen-bond donors (Lipinski definition) is 6. The summed E-state index contributed by atoms with van der Waals surface area (Å²) in [5, 5.41) is 21.7. The Morgan fingerprint density at radius 2 is 2.21 bits per heavy atom. The minimum absolute atomic E-state index is 0.0994. The van der Waals surface area contributed by atoms with Gasteiger partial charge in [0.1, 0.15) is 5.57 Å². The topological polar surface area (TPSA) is 153 Å². The highest BCUT2D eigenvalue weighted by Gasteiger charge is 2.48. The number of urea groups is 1. The molecule has 1 aromatic heterocycles. The molecule has 2 aliphatic heterocycles. The van der Waals surface area contributed by atoms with Crippen molar-refractivity contribution in [2.45, 2.75) is 5.85 Å². The maximum atomic E-state index is 11.6. The second-order valence-electron chi connectivity index (χ2n) is 3.84. The van der Waals surface area contributed by atoms with Crippen LogP contribution in [0.1, 0.15) is 0 Å². The second-order valence-corrected chi connectivity index (χ2v) is 4.23.